The van der Waals surface area contributed by atoms with E-state index >= 15 is 0 Å². The van der Waals surface area contributed by atoms with Gasteiger partial charge in [0.25, 0.3) is 0 Å². The van der Waals surface area contributed by atoms with E-state index in [4.69, 9.17) is 0 Å². The summed E-state index contributed by atoms with van der Waals surface area (Å²) in [5, 5.41) is 23.3. The normalized spacial score (nSPS) is 17.2. The first-order valence-electron chi connectivity index (χ1n) is 7.90. The Bertz CT molecular complexity index is 728. The lowest BCUT2D eigenvalue weighted by molar-refractivity contribution is -0.119. The van der Waals surface area contributed by atoms with Gasteiger partial charge in [0.05, 0.1) is 6.04 Å². The van der Waals surface area contributed by atoms with Crippen LogP contribution in [0.3, 0.4) is 0 Å². The number of rotatable bonds is 6. The van der Waals surface area contributed by atoms with E-state index in [1.807, 2.05) is 12.1 Å². The topological polar surface area (TPSA) is 69.6 Å². The smallest absolute Gasteiger partial charge is 0.217 e. The van der Waals surface area contributed by atoms with E-state index in [0.29, 0.717) is 24.8 Å². The van der Waals surface area contributed by atoms with Crippen molar-refractivity contribution >= 4 is 11.5 Å². The molecule has 1 aliphatic rings. The van der Waals surface area contributed by atoms with Gasteiger partial charge in [-0.25, -0.2) is 0 Å². The number of amides is 1. The van der Waals surface area contributed by atoms with Crippen LogP contribution in [0.15, 0.2) is 60.9 Å². The van der Waals surface area contributed by atoms with Gasteiger partial charge in [-0.3, -0.25) is 4.79 Å². The zero-order valence-electron chi connectivity index (χ0n) is 13.9. The molecule has 1 aliphatic carbocycles. The third-order valence-corrected chi connectivity index (χ3v) is 3.96. The number of phenols is 1. The van der Waals surface area contributed by atoms with Crippen LogP contribution in [0.25, 0.3) is 5.57 Å². The first-order valence-corrected chi connectivity index (χ1v) is 7.90. The van der Waals surface area contributed by atoms with E-state index in [0.717, 1.165) is 16.7 Å². The summed E-state index contributed by atoms with van der Waals surface area (Å²) in [5.74, 6) is 0.139. The fourth-order valence-electron chi connectivity index (χ4n) is 2.88. The second kappa shape index (κ2) is 7.68. The summed E-state index contributed by atoms with van der Waals surface area (Å²) in [6.07, 6.45) is 7.22. The molecule has 3 N–H and O–H groups in total. The lowest BCUT2D eigenvalue weighted by atomic mass is 9.87. The Hall–Kier alpha value is -2.75. The van der Waals surface area contributed by atoms with Gasteiger partial charge >= 0.3 is 0 Å². The zero-order chi connectivity index (χ0) is 17.7. The van der Waals surface area contributed by atoms with Crippen LogP contribution in [0.2, 0.25) is 0 Å². The fourth-order valence-corrected chi connectivity index (χ4v) is 2.88. The highest BCUT2D eigenvalue weighted by atomic mass is 16.3. The maximum absolute atomic E-state index is 11.4. The van der Waals surface area contributed by atoms with Crippen LogP contribution in [-0.4, -0.2) is 22.2 Å². The Balaban J connectivity index is 2.50. The monoisotopic (exact) mass is 325 g/mol. The van der Waals surface area contributed by atoms with Gasteiger partial charge in [0.15, 0.2) is 0 Å². The molecule has 1 atom stereocenters. The Morgan fingerprint density at radius 2 is 2.00 bits per heavy atom. The molecule has 0 radical (unpaired) electrons. The highest BCUT2D eigenvalue weighted by molar-refractivity contribution is 5.81. The van der Waals surface area contributed by atoms with E-state index < -0.39 is 6.04 Å². The lowest BCUT2D eigenvalue weighted by Gasteiger charge is -2.25. The first-order chi connectivity index (χ1) is 11.5. The average molecular weight is 325 g/mol. The van der Waals surface area contributed by atoms with Crippen molar-refractivity contribution < 1.29 is 15.0 Å². The summed E-state index contributed by atoms with van der Waals surface area (Å²) in [5.41, 5.74) is 3.26. The van der Waals surface area contributed by atoms with E-state index in [1.165, 1.54) is 6.92 Å². The predicted octanol–water partition coefficient (Wildman–Crippen LogP) is 3.80. The van der Waals surface area contributed by atoms with Crippen molar-refractivity contribution in [3.05, 3.63) is 72.0 Å². The van der Waals surface area contributed by atoms with Crippen LogP contribution in [0.1, 0.15) is 30.9 Å². The zero-order valence-corrected chi connectivity index (χ0v) is 13.9. The SMILES string of the molecule is C=CCC1=CC(c2ccc(O)c(CC=C)c2)=C(O)C(NC(C)=O)C1. The number of hydrogen-bond donors (Lipinski definition) is 3. The molecule has 1 aromatic carbocycles. The maximum atomic E-state index is 11.4. The van der Waals surface area contributed by atoms with Gasteiger partial charge in [-0.15, -0.1) is 13.2 Å². The summed E-state index contributed by atoms with van der Waals surface area (Å²) in [4.78, 5) is 11.4. The number of benzene rings is 1. The molecular weight excluding hydrogens is 302 g/mol. The maximum Gasteiger partial charge on any atom is 0.217 e. The van der Waals surface area contributed by atoms with Gasteiger partial charge < -0.3 is 15.5 Å². The van der Waals surface area contributed by atoms with Crippen molar-refractivity contribution in [3.8, 4) is 5.75 Å². The van der Waals surface area contributed by atoms with Crippen molar-refractivity contribution in [3.63, 3.8) is 0 Å². The van der Waals surface area contributed by atoms with E-state index in [9.17, 15) is 15.0 Å². The van der Waals surface area contributed by atoms with Gasteiger partial charge in [-0.2, -0.15) is 0 Å². The molecule has 0 aromatic heterocycles. The van der Waals surface area contributed by atoms with Crippen molar-refractivity contribution in [2.75, 3.05) is 0 Å². The molecule has 1 amide bonds. The molecule has 0 fully saturated rings. The average Bonchev–Trinajstić information content (AvgIpc) is 2.52. The number of carbonyl (C=O) groups is 1. The Labute approximate surface area is 142 Å². The van der Waals surface area contributed by atoms with Crippen molar-refractivity contribution in [1.29, 1.82) is 0 Å². The number of nitrogens with one attached hydrogen (secondary N) is 1. The molecule has 0 bridgehead atoms. The molecule has 0 saturated heterocycles. The van der Waals surface area contributed by atoms with Crippen LogP contribution in [0.4, 0.5) is 0 Å². The third-order valence-electron chi connectivity index (χ3n) is 3.96. The molecule has 126 valence electrons. The minimum atomic E-state index is -0.450. The number of hydrogen-bond acceptors (Lipinski definition) is 3. The molecule has 24 heavy (non-hydrogen) atoms. The number of aromatic hydroxyl groups is 1. The molecule has 1 unspecified atom stereocenters. The second-order valence-corrected chi connectivity index (χ2v) is 5.89. The van der Waals surface area contributed by atoms with Crippen LogP contribution < -0.4 is 5.32 Å². The standard InChI is InChI=1S/C20H23NO3/c1-4-6-14-10-17(20(24)18(11-14)21-13(3)22)15-8-9-19(23)16(12-15)7-5-2/h4-5,8-10,12,18,23-24H,1-2,6-7,11H2,3H3,(H,21,22). The predicted molar refractivity (Wildman–Crippen MR) is 96.7 cm³/mol. The fraction of sp³-hybridized carbons (Fsp3) is 0.250. The molecule has 0 heterocycles. The molecule has 0 saturated carbocycles. The van der Waals surface area contributed by atoms with E-state index in [2.05, 4.69) is 18.5 Å². The Morgan fingerprint density at radius 3 is 2.62 bits per heavy atom. The second-order valence-electron chi connectivity index (χ2n) is 5.89. The van der Waals surface area contributed by atoms with Gasteiger partial charge in [0, 0.05) is 12.5 Å². The largest absolute Gasteiger partial charge is 0.509 e. The summed E-state index contributed by atoms with van der Waals surface area (Å²) < 4.78 is 0. The summed E-state index contributed by atoms with van der Waals surface area (Å²) in [6, 6.07) is 4.75. The van der Waals surface area contributed by atoms with Crippen LogP contribution >= 0.6 is 0 Å². The van der Waals surface area contributed by atoms with Gasteiger partial charge in [0.2, 0.25) is 5.91 Å². The Morgan fingerprint density at radius 1 is 1.29 bits per heavy atom. The lowest BCUT2D eigenvalue weighted by Crippen LogP contribution is -2.36. The molecule has 1 aromatic rings. The number of allylic oxidation sites excluding steroid dienone is 4. The minimum absolute atomic E-state index is 0.133. The first kappa shape index (κ1) is 17.6. The van der Waals surface area contributed by atoms with Crippen molar-refractivity contribution in [2.45, 2.75) is 32.2 Å². The summed E-state index contributed by atoms with van der Waals surface area (Å²) in [7, 11) is 0. The summed E-state index contributed by atoms with van der Waals surface area (Å²) >= 11 is 0. The number of phenolic OH excluding ortho intramolecular Hbond substituents is 1. The number of carbonyl (C=O) groups excluding carboxylic acids is 1. The van der Waals surface area contributed by atoms with Crippen LogP contribution in [0.5, 0.6) is 5.75 Å². The highest BCUT2D eigenvalue weighted by Crippen LogP contribution is 2.33. The minimum Gasteiger partial charge on any atom is -0.509 e. The number of aliphatic hydroxyl groups is 1. The quantitative estimate of drug-likeness (QED) is 0.697. The van der Waals surface area contributed by atoms with Gasteiger partial charge in [-0.1, -0.05) is 29.9 Å². The molecule has 4 heteroatoms. The van der Waals surface area contributed by atoms with Crippen molar-refractivity contribution in [2.24, 2.45) is 0 Å². The molecule has 4 nitrogen and oxygen atoms in total. The van der Waals surface area contributed by atoms with Crippen LogP contribution in [0, 0.1) is 0 Å². The van der Waals surface area contributed by atoms with Crippen molar-refractivity contribution in [1.82, 2.24) is 5.32 Å². The molecule has 0 spiro atoms. The molecule has 2 rings (SSSR count). The molecule has 0 aliphatic heterocycles. The third kappa shape index (κ3) is 3.96. The van der Waals surface area contributed by atoms with Gasteiger partial charge in [-0.05, 0) is 42.5 Å². The number of aliphatic hydroxyl groups excluding tert-OH is 1. The van der Waals surface area contributed by atoms with Gasteiger partial charge in [0.1, 0.15) is 11.5 Å². The highest BCUT2D eigenvalue weighted by Gasteiger charge is 2.25. The van der Waals surface area contributed by atoms with E-state index in [-0.39, 0.29) is 17.4 Å². The van der Waals surface area contributed by atoms with Crippen LogP contribution in [-0.2, 0) is 11.2 Å². The summed E-state index contributed by atoms with van der Waals surface area (Å²) in [6.45, 7) is 8.88. The molecular formula is C20H23NO3. The van der Waals surface area contributed by atoms with E-state index in [1.54, 1.807) is 24.3 Å². The Kier molecular flexibility index (Phi) is 5.64.